The Kier molecular flexibility index (Phi) is 7.31. The fraction of sp³-hybridized carbons (Fsp3) is 0.0952. The number of rotatable bonds is 7. The maximum atomic E-state index is 13.3. The summed E-state index contributed by atoms with van der Waals surface area (Å²) in [6.45, 7) is -0.471. The van der Waals surface area contributed by atoms with Gasteiger partial charge in [0.15, 0.2) is 0 Å². The fourth-order valence-corrected chi connectivity index (χ4v) is 5.10. The van der Waals surface area contributed by atoms with Crippen molar-refractivity contribution in [2.45, 2.75) is 9.79 Å². The summed E-state index contributed by atoms with van der Waals surface area (Å²) >= 11 is 13.9. The molecule has 9 heteroatoms. The van der Waals surface area contributed by atoms with E-state index < -0.39 is 22.5 Å². The minimum absolute atomic E-state index is 0.0400. The minimum Gasteiger partial charge on any atom is -0.324 e. The van der Waals surface area contributed by atoms with E-state index in [2.05, 4.69) is 5.32 Å². The molecule has 156 valence electrons. The number of amides is 1. The van der Waals surface area contributed by atoms with Crippen molar-refractivity contribution < 1.29 is 13.2 Å². The highest BCUT2D eigenvalue weighted by atomic mass is 35.5. The molecule has 1 N–H and O–H groups in total. The predicted molar refractivity (Wildman–Crippen MR) is 124 cm³/mol. The molecular weight excluding hydrogens is 463 g/mol. The fourth-order valence-electron chi connectivity index (χ4n) is 2.74. The van der Waals surface area contributed by atoms with E-state index in [1.54, 1.807) is 36.4 Å². The molecule has 1 amide bonds. The molecule has 3 aromatic rings. The van der Waals surface area contributed by atoms with E-state index in [0.29, 0.717) is 5.69 Å². The first kappa shape index (κ1) is 22.5. The number of anilines is 2. The summed E-state index contributed by atoms with van der Waals surface area (Å²) < 4.78 is 27.6. The number of carbonyl (C=O) groups excluding carboxylic acids is 1. The molecular formula is C21H18Cl2N2O3S2. The number of nitrogens with one attached hydrogen (secondary N) is 1. The highest BCUT2D eigenvalue weighted by Crippen LogP contribution is 2.35. The van der Waals surface area contributed by atoms with Crippen LogP contribution < -0.4 is 9.62 Å². The quantitative estimate of drug-likeness (QED) is 0.450. The second-order valence-electron chi connectivity index (χ2n) is 6.18. The van der Waals surface area contributed by atoms with Crippen LogP contribution in [-0.2, 0) is 14.8 Å². The normalized spacial score (nSPS) is 11.2. The molecule has 0 heterocycles. The maximum Gasteiger partial charge on any atom is 0.264 e. The molecule has 0 aliphatic rings. The maximum absolute atomic E-state index is 13.3. The van der Waals surface area contributed by atoms with E-state index in [9.17, 15) is 13.2 Å². The van der Waals surface area contributed by atoms with Crippen LogP contribution in [0.25, 0.3) is 0 Å². The summed E-state index contributed by atoms with van der Waals surface area (Å²) in [4.78, 5) is 13.8. The first-order valence-electron chi connectivity index (χ1n) is 8.78. The SMILES string of the molecule is CSc1cccc(NC(=O)CN(c2cccc(Cl)c2Cl)S(=O)(=O)c2ccccc2)c1. The van der Waals surface area contributed by atoms with E-state index in [1.807, 2.05) is 24.5 Å². The van der Waals surface area contributed by atoms with Crippen LogP contribution in [0.2, 0.25) is 10.0 Å². The van der Waals surface area contributed by atoms with Gasteiger partial charge in [-0.25, -0.2) is 8.42 Å². The highest BCUT2D eigenvalue weighted by Gasteiger charge is 2.29. The molecule has 30 heavy (non-hydrogen) atoms. The Morgan fingerprint density at radius 2 is 1.70 bits per heavy atom. The van der Waals surface area contributed by atoms with Gasteiger partial charge in [0.25, 0.3) is 10.0 Å². The summed E-state index contributed by atoms with van der Waals surface area (Å²) in [7, 11) is -4.07. The van der Waals surface area contributed by atoms with Gasteiger partial charge in [0, 0.05) is 10.6 Å². The van der Waals surface area contributed by atoms with E-state index in [-0.39, 0.29) is 20.6 Å². The molecule has 5 nitrogen and oxygen atoms in total. The number of sulfonamides is 1. The Hall–Kier alpha value is -2.19. The zero-order valence-electron chi connectivity index (χ0n) is 15.9. The molecule has 0 aromatic heterocycles. The standard InChI is InChI=1S/C21H18Cl2N2O3S2/c1-29-16-8-5-7-15(13-16)24-20(26)14-25(19-12-6-11-18(22)21(19)23)30(27,28)17-9-3-2-4-10-17/h2-13H,14H2,1H3,(H,24,26). The van der Waals surface area contributed by atoms with Gasteiger partial charge in [-0.15, -0.1) is 11.8 Å². The van der Waals surface area contributed by atoms with Gasteiger partial charge in [-0.2, -0.15) is 0 Å². The monoisotopic (exact) mass is 480 g/mol. The van der Waals surface area contributed by atoms with E-state index in [0.717, 1.165) is 9.20 Å². The molecule has 0 atom stereocenters. The van der Waals surface area contributed by atoms with Gasteiger partial charge < -0.3 is 5.32 Å². The molecule has 3 rings (SSSR count). The Bertz CT molecular complexity index is 1160. The number of hydrogen-bond donors (Lipinski definition) is 1. The number of hydrogen-bond acceptors (Lipinski definition) is 4. The minimum atomic E-state index is -4.07. The Labute approximate surface area is 190 Å². The summed E-state index contributed by atoms with van der Waals surface area (Å²) in [6, 6.07) is 19.8. The van der Waals surface area contributed by atoms with Crippen LogP contribution in [-0.4, -0.2) is 27.1 Å². The van der Waals surface area contributed by atoms with Crippen molar-refractivity contribution in [1.82, 2.24) is 0 Å². The van der Waals surface area contributed by atoms with Crippen molar-refractivity contribution in [2.24, 2.45) is 0 Å². The van der Waals surface area contributed by atoms with Gasteiger partial charge in [-0.1, -0.05) is 53.5 Å². The van der Waals surface area contributed by atoms with Gasteiger partial charge in [-0.05, 0) is 48.7 Å². The van der Waals surface area contributed by atoms with Crippen molar-refractivity contribution in [1.29, 1.82) is 0 Å². The number of halogens is 2. The lowest BCUT2D eigenvalue weighted by Crippen LogP contribution is -2.38. The van der Waals surface area contributed by atoms with Crippen molar-refractivity contribution in [3.05, 3.63) is 82.8 Å². The highest BCUT2D eigenvalue weighted by molar-refractivity contribution is 7.98. The zero-order chi connectivity index (χ0) is 21.7. The second kappa shape index (κ2) is 9.75. The van der Waals surface area contributed by atoms with Gasteiger partial charge in [0.1, 0.15) is 6.54 Å². The summed E-state index contributed by atoms with van der Waals surface area (Å²) in [5.41, 5.74) is 0.696. The van der Waals surface area contributed by atoms with Gasteiger partial charge in [-0.3, -0.25) is 9.10 Å². The zero-order valence-corrected chi connectivity index (χ0v) is 19.0. The molecule has 0 fully saturated rings. The van der Waals surface area contributed by atoms with Crippen molar-refractivity contribution in [2.75, 3.05) is 22.4 Å². The molecule has 0 saturated carbocycles. The first-order chi connectivity index (χ1) is 14.3. The smallest absolute Gasteiger partial charge is 0.264 e. The topological polar surface area (TPSA) is 66.5 Å². The third-order valence-corrected chi connectivity index (χ3v) is 7.48. The number of nitrogens with zero attached hydrogens (tertiary/aromatic N) is 1. The summed E-state index contributed by atoms with van der Waals surface area (Å²) in [5.74, 6) is -0.510. The Morgan fingerprint density at radius 1 is 1.00 bits per heavy atom. The average Bonchev–Trinajstić information content (AvgIpc) is 2.75. The average molecular weight is 481 g/mol. The summed E-state index contributed by atoms with van der Waals surface area (Å²) in [5, 5.41) is 2.98. The molecule has 0 unspecified atom stereocenters. The molecule has 0 saturated heterocycles. The van der Waals surface area contributed by atoms with Crippen molar-refractivity contribution in [3.63, 3.8) is 0 Å². The van der Waals surface area contributed by atoms with Crippen molar-refractivity contribution >= 4 is 62.3 Å². The van der Waals surface area contributed by atoms with E-state index in [1.165, 1.54) is 30.0 Å². The van der Waals surface area contributed by atoms with Crippen molar-refractivity contribution in [3.8, 4) is 0 Å². The van der Waals surface area contributed by atoms with E-state index >= 15 is 0 Å². The van der Waals surface area contributed by atoms with Crippen LogP contribution in [0.5, 0.6) is 0 Å². The molecule has 0 aliphatic heterocycles. The lowest BCUT2D eigenvalue weighted by atomic mass is 10.3. The van der Waals surface area contributed by atoms with Gasteiger partial charge in [0.05, 0.1) is 20.6 Å². The lowest BCUT2D eigenvalue weighted by molar-refractivity contribution is -0.114. The van der Waals surface area contributed by atoms with Gasteiger partial charge in [0.2, 0.25) is 5.91 Å². The number of benzene rings is 3. The first-order valence-corrected chi connectivity index (χ1v) is 12.2. The molecule has 3 aromatic carbocycles. The van der Waals surface area contributed by atoms with Crippen LogP contribution in [0.3, 0.4) is 0 Å². The van der Waals surface area contributed by atoms with Crippen LogP contribution in [0.1, 0.15) is 0 Å². The molecule has 0 bridgehead atoms. The largest absolute Gasteiger partial charge is 0.324 e. The van der Waals surface area contributed by atoms with Crippen LogP contribution in [0.15, 0.2) is 82.6 Å². The molecule has 0 spiro atoms. The third-order valence-electron chi connectivity index (χ3n) is 4.17. The van der Waals surface area contributed by atoms with E-state index in [4.69, 9.17) is 23.2 Å². The van der Waals surface area contributed by atoms with Crippen LogP contribution in [0, 0.1) is 0 Å². The third kappa shape index (κ3) is 5.10. The van der Waals surface area contributed by atoms with Gasteiger partial charge >= 0.3 is 0 Å². The molecule has 0 aliphatic carbocycles. The molecule has 0 radical (unpaired) electrons. The van der Waals surface area contributed by atoms with Crippen LogP contribution in [0.4, 0.5) is 11.4 Å². The lowest BCUT2D eigenvalue weighted by Gasteiger charge is -2.25. The number of thioether (sulfide) groups is 1. The Balaban J connectivity index is 1.97. The predicted octanol–water partition coefficient (Wildman–Crippen LogP) is 5.55. The second-order valence-corrected chi connectivity index (χ2v) is 9.70. The van der Waals surface area contributed by atoms with Crippen LogP contribution >= 0.6 is 35.0 Å². The number of carbonyl (C=O) groups is 1. The Morgan fingerprint density at radius 3 is 2.40 bits per heavy atom. The summed E-state index contributed by atoms with van der Waals surface area (Å²) in [6.07, 6.45) is 1.93.